The molecule has 1 fully saturated rings. The zero-order valence-electron chi connectivity index (χ0n) is 11.4. The summed E-state index contributed by atoms with van der Waals surface area (Å²) in [6, 6.07) is 7.12. The summed E-state index contributed by atoms with van der Waals surface area (Å²) in [5.41, 5.74) is 1.63. The van der Waals surface area contributed by atoms with Crippen molar-refractivity contribution in [3.63, 3.8) is 0 Å². The maximum absolute atomic E-state index is 11.5. The number of para-hydroxylation sites is 2. The zero-order chi connectivity index (χ0) is 14.1. The fourth-order valence-corrected chi connectivity index (χ4v) is 2.74. The average Bonchev–Trinajstić information content (AvgIpc) is 2.46. The van der Waals surface area contributed by atoms with E-state index in [0.29, 0.717) is 24.7 Å². The molecule has 2 unspecified atom stereocenters. The van der Waals surface area contributed by atoms with E-state index in [1.165, 1.54) is 0 Å². The molecule has 0 amide bonds. The number of rotatable bonds is 2. The Labute approximate surface area is 117 Å². The van der Waals surface area contributed by atoms with Gasteiger partial charge in [0.1, 0.15) is 11.9 Å². The molecule has 2 heterocycles. The van der Waals surface area contributed by atoms with Crippen molar-refractivity contribution >= 4 is 22.8 Å². The van der Waals surface area contributed by atoms with Crippen LogP contribution in [0.2, 0.25) is 0 Å². The number of aliphatic carboxylic acids is 1. The van der Waals surface area contributed by atoms with Gasteiger partial charge < -0.3 is 10.0 Å². The molecule has 0 spiro atoms. The van der Waals surface area contributed by atoms with Crippen molar-refractivity contribution in [1.29, 1.82) is 0 Å². The quantitative estimate of drug-likeness (QED) is 0.908. The van der Waals surface area contributed by atoms with Crippen LogP contribution in [0.5, 0.6) is 0 Å². The Balaban J connectivity index is 1.97. The Morgan fingerprint density at radius 2 is 2.10 bits per heavy atom. The first-order valence-corrected chi connectivity index (χ1v) is 6.86. The molecule has 2 aromatic rings. The molecule has 1 N–H and O–H groups in total. The van der Waals surface area contributed by atoms with Gasteiger partial charge in [0.2, 0.25) is 0 Å². The highest BCUT2D eigenvalue weighted by molar-refractivity contribution is 5.80. The number of carboxylic acids is 1. The monoisotopic (exact) mass is 271 g/mol. The van der Waals surface area contributed by atoms with E-state index < -0.39 is 12.0 Å². The van der Waals surface area contributed by atoms with Crippen LogP contribution < -0.4 is 4.90 Å². The first-order valence-electron chi connectivity index (χ1n) is 6.86. The van der Waals surface area contributed by atoms with Crippen molar-refractivity contribution in [3.05, 3.63) is 30.5 Å². The molecule has 1 aliphatic rings. The first-order chi connectivity index (χ1) is 9.65. The van der Waals surface area contributed by atoms with Gasteiger partial charge in [-0.1, -0.05) is 19.1 Å². The third-order valence-electron chi connectivity index (χ3n) is 3.88. The van der Waals surface area contributed by atoms with Gasteiger partial charge in [-0.15, -0.1) is 0 Å². The minimum Gasteiger partial charge on any atom is -0.480 e. The normalized spacial score (nSPS) is 22.9. The van der Waals surface area contributed by atoms with E-state index in [-0.39, 0.29) is 0 Å². The predicted octanol–water partition coefficient (Wildman–Crippen LogP) is 2.32. The number of carbonyl (C=O) groups is 1. The van der Waals surface area contributed by atoms with Crippen molar-refractivity contribution < 1.29 is 9.90 Å². The molecule has 3 rings (SSSR count). The third kappa shape index (κ3) is 2.31. The summed E-state index contributed by atoms with van der Waals surface area (Å²) in [5, 5.41) is 9.41. The van der Waals surface area contributed by atoms with E-state index in [4.69, 9.17) is 0 Å². The molecular formula is C15H17N3O2. The molecule has 0 aliphatic carbocycles. The van der Waals surface area contributed by atoms with Crippen LogP contribution in [0.4, 0.5) is 5.82 Å². The Morgan fingerprint density at radius 3 is 2.85 bits per heavy atom. The minimum atomic E-state index is -0.786. The van der Waals surface area contributed by atoms with Gasteiger partial charge >= 0.3 is 5.97 Å². The maximum atomic E-state index is 11.5. The second-order valence-corrected chi connectivity index (χ2v) is 5.39. The molecule has 5 nitrogen and oxygen atoms in total. The number of hydrogen-bond donors (Lipinski definition) is 1. The van der Waals surface area contributed by atoms with Crippen LogP contribution in [0.1, 0.15) is 19.8 Å². The Bertz CT molecular complexity index is 644. The summed E-state index contributed by atoms with van der Waals surface area (Å²) in [6.07, 6.45) is 3.32. The predicted molar refractivity (Wildman–Crippen MR) is 76.7 cm³/mol. The molecule has 0 radical (unpaired) electrons. The van der Waals surface area contributed by atoms with Gasteiger partial charge in [-0.2, -0.15) is 0 Å². The van der Waals surface area contributed by atoms with Gasteiger partial charge in [0.05, 0.1) is 17.2 Å². The molecule has 1 aromatic heterocycles. The molecule has 104 valence electrons. The second-order valence-electron chi connectivity index (χ2n) is 5.39. The number of aromatic nitrogens is 2. The molecule has 1 aromatic carbocycles. The fraction of sp³-hybridized carbons (Fsp3) is 0.400. The number of piperidine rings is 1. The molecule has 0 saturated carbocycles. The van der Waals surface area contributed by atoms with E-state index in [1.54, 1.807) is 6.20 Å². The van der Waals surface area contributed by atoms with Crippen LogP contribution >= 0.6 is 0 Å². The van der Waals surface area contributed by atoms with Gasteiger partial charge in [0.15, 0.2) is 0 Å². The van der Waals surface area contributed by atoms with Gasteiger partial charge in [-0.3, -0.25) is 4.98 Å². The van der Waals surface area contributed by atoms with Gasteiger partial charge in [0.25, 0.3) is 0 Å². The van der Waals surface area contributed by atoms with E-state index in [0.717, 1.165) is 17.5 Å². The van der Waals surface area contributed by atoms with Crippen LogP contribution in [0.15, 0.2) is 30.5 Å². The van der Waals surface area contributed by atoms with E-state index in [1.807, 2.05) is 29.2 Å². The summed E-state index contributed by atoms with van der Waals surface area (Å²) in [6.45, 7) is 2.81. The lowest BCUT2D eigenvalue weighted by Crippen LogP contribution is -2.47. The SMILES string of the molecule is CC1CCN(c2cnc3ccccc3n2)C(C(=O)O)C1. The highest BCUT2D eigenvalue weighted by Gasteiger charge is 2.32. The van der Waals surface area contributed by atoms with Gasteiger partial charge in [0, 0.05) is 6.54 Å². The number of anilines is 1. The summed E-state index contributed by atoms with van der Waals surface area (Å²) < 4.78 is 0. The smallest absolute Gasteiger partial charge is 0.326 e. The van der Waals surface area contributed by atoms with E-state index in [9.17, 15) is 9.90 Å². The lowest BCUT2D eigenvalue weighted by molar-refractivity contribution is -0.139. The third-order valence-corrected chi connectivity index (χ3v) is 3.88. The second kappa shape index (κ2) is 5.07. The Morgan fingerprint density at radius 1 is 1.35 bits per heavy atom. The molecular weight excluding hydrogens is 254 g/mol. The lowest BCUT2D eigenvalue weighted by Gasteiger charge is -2.36. The highest BCUT2D eigenvalue weighted by atomic mass is 16.4. The Hall–Kier alpha value is -2.17. The zero-order valence-corrected chi connectivity index (χ0v) is 11.4. The van der Waals surface area contributed by atoms with Crippen molar-refractivity contribution in [1.82, 2.24) is 9.97 Å². The molecule has 1 saturated heterocycles. The number of hydrogen-bond acceptors (Lipinski definition) is 4. The van der Waals surface area contributed by atoms with Crippen LogP contribution in [-0.4, -0.2) is 33.6 Å². The summed E-state index contributed by atoms with van der Waals surface area (Å²) >= 11 is 0. The minimum absolute atomic E-state index is 0.431. The first kappa shape index (κ1) is 12.8. The number of benzene rings is 1. The van der Waals surface area contributed by atoms with E-state index in [2.05, 4.69) is 16.9 Å². The number of nitrogens with zero attached hydrogens (tertiary/aromatic N) is 3. The van der Waals surface area contributed by atoms with Crippen LogP contribution in [0.25, 0.3) is 11.0 Å². The maximum Gasteiger partial charge on any atom is 0.326 e. The summed E-state index contributed by atoms with van der Waals surface area (Å²) in [4.78, 5) is 22.2. The number of fused-ring (bicyclic) bond motifs is 1. The topological polar surface area (TPSA) is 66.3 Å². The van der Waals surface area contributed by atoms with Crippen molar-refractivity contribution in [3.8, 4) is 0 Å². The lowest BCUT2D eigenvalue weighted by atomic mass is 9.92. The van der Waals surface area contributed by atoms with Crippen LogP contribution in [0, 0.1) is 5.92 Å². The van der Waals surface area contributed by atoms with Crippen molar-refractivity contribution in [2.45, 2.75) is 25.8 Å². The number of carboxylic acid groups (broad SMARTS) is 1. The Kier molecular flexibility index (Phi) is 3.26. The summed E-state index contributed by atoms with van der Waals surface area (Å²) in [7, 11) is 0. The standard InChI is InChI=1S/C15H17N3O2/c1-10-6-7-18(13(8-10)15(19)20)14-9-16-11-4-2-3-5-12(11)17-14/h2-5,9-10,13H,6-8H2,1H3,(H,19,20). The molecule has 1 aliphatic heterocycles. The van der Waals surface area contributed by atoms with Crippen molar-refractivity contribution in [2.75, 3.05) is 11.4 Å². The molecule has 0 bridgehead atoms. The summed E-state index contributed by atoms with van der Waals surface area (Å²) in [5.74, 6) is 0.301. The van der Waals surface area contributed by atoms with Crippen LogP contribution in [-0.2, 0) is 4.79 Å². The molecule has 5 heteroatoms. The van der Waals surface area contributed by atoms with Crippen molar-refractivity contribution in [2.24, 2.45) is 5.92 Å². The highest BCUT2D eigenvalue weighted by Crippen LogP contribution is 2.27. The fourth-order valence-electron chi connectivity index (χ4n) is 2.74. The van der Waals surface area contributed by atoms with Gasteiger partial charge in [-0.25, -0.2) is 9.78 Å². The van der Waals surface area contributed by atoms with Crippen LogP contribution in [0.3, 0.4) is 0 Å². The average molecular weight is 271 g/mol. The van der Waals surface area contributed by atoms with E-state index >= 15 is 0 Å². The molecule has 20 heavy (non-hydrogen) atoms. The van der Waals surface area contributed by atoms with Gasteiger partial charge in [-0.05, 0) is 30.9 Å². The largest absolute Gasteiger partial charge is 0.480 e. The molecule has 2 atom stereocenters.